The van der Waals surface area contributed by atoms with E-state index in [1.807, 2.05) is 0 Å². The van der Waals surface area contributed by atoms with E-state index >= 15 is 0 Å². The molecule has 5 nitrogen and oxygen atoms in total. The molecule has 0 aliphatic carbocycles. The standard InChI is InChI=1S/C16H17ClN2O3/c1-2-3-4-14-18-15(17)13(10-20)19(14)9-11-5-7-12(8-6-11)16(21)22/h5-8,10H,2-4,9H2,1H3,(H,21,22). The van der Waals surface area contributed by atoms with Crippen molar-refractivity contribution in [2.75, 3.05) is 0 Å². The van der Waals surface area contributed by atoms with E-state index in [0.29, 0.717) is 18.5 Å². The van der Waals surface area contributed by atoms with Gasteiger partial charge in [0.15, 0.2) is 11.4 Å². The van der Waals surface area contributed by atoms with Crippen molar-refractivity contribution in [1.29, 1.82) is 0 Å². The molecule has 0 amide bonds. The lowest BCUT2D eigenvalue weighted by Crippen LogP contribution is -2.09. The maximum atomic E-state index is 11.2. The van der Waals surface area contributed by atoms with Gasteiger partial charge < -0.3 is 9.67 Å². The number of halogens is 1. The number of carboxylic acid groups (broad SMARTS) is 1. The maximum Gasteiger partial charge on any atom is 0.335 e. The number of aromatic carboxylic acids is 1. The summed E-state index contributed by atoms with van der Waals surface area (Å²) in [6.07, 6.45) is 3.44. The van der Waals surface area contributed by atoms with Crippen LogP contribution in [0.5, 0.6) is 0 Å². The molecule has 2 rings (SSSR count). The van der Waals surface area contributed by atoms with Gasteiger partial charge in [-0.25, -0.2) is 9.78 Å². The minimum atomic E-state index is -0.963. The van der Waals surface area contributed by atoms with Crippen LogP contribution >= 0.6 is 11.6 Å². The number of carbonyl (C=O) groups excluding carboxylic acids is 1. The highest BCUT2D eigenvalue weighted by molar-refractivity contribution is 6.31. The second-order valence-corrected chi connectivity index (χ2v) is 5.37. The van der Waals surface area contributed by atoms with Crippen LogP contribution in [0.2, 0.25) is 5.15 Å². The monoisotopic (exact) mass is 320 g/mol. The highest BCUT2D eigenvalue weighted by Crippen LogP contribution is 2.19. The zero-order chi connectivity index (χ0) is 16.1. The largest absolute Gasteiger partial charge is 0.478 e. The van der Waals surface area contributed by atoms with Gasteiger partial charge in [-0.2, -0.15) is 0 Å². The summed E-state index contributed by atoms with van der Waals surface area (Å²) in [6, 6.07) is 6.55. The molecule has 0 unspecified atom stereocenters. The average molecular weight is 321 g/mol. The van der Waals surface area contributed by atoms with Gasteiger partial charge in [-0.1, -0.05) is 37.1 Å². The molecule has 0 aliphatic heterocycles. The number of aldehydes is 1. The van der Waals surface area contributed by atoms with Crippen LogP contribution in [0.4, 0.5) is 0 Å². The van der Waals surface area contributed by atoms with Crippen LogP contribution in [0.25, 0.3) is 0 Å². The number of hydrogen-bond acceptors (Lipinski definition) is 3. The number of hydrogen-bond donors (Lipinski definition) is 1. The second-order valence-electron chi connectivity index (χ2n) is 5.01. The first kappa shape index (κ1) is 16.2. The molecule has 6 heteroatoms. The Balaban J connectivity index is 2.30. The number of unbranched alkanes of at least 4 members (excludes halogenated alkanes) is 1. The van der Waals surface area contributed by atoms with Crippen LogP contribution < -0.4 is 0 Å². The number of carboxylic acids is 1. The minimum absolute atomic E-state index is 0.211. The summed E-state index contributed by atoms with van der Waals surface area (Å²) in [4.78, 5) is 26.4. The summed E-state index contributed by atoms with van der Waals surface area (Å²) in [5, 5.41) is 9.12. The summed E-state index contributed by atoms with van der Waals surface area (Å²) in [7, 11) is 0. The second kappa shape index (κ2) is 7.22. The Morgan fingerprint density at radius 3 is 2.59 bits per heavy atom. The molecule has 22 heavy (non-hydrogen) atoms. The van der Waals surface area contributed by atoms with Gasteiger partial charge in [-0.05, 0) is 24.1 Å². The first-order chi connectivity index (χ1) is 10.6. The molecule has 1 N–H and O–H groups in total. The number of carbonyl (C=O) groups is 2. The van der Waals surface area contributed by atoms with Crippen molar-refractivity contribution in [2.45, 2.75) is 32.7 Å². The number of aromatic nitrogens is 2. The SMILES string of the molecule is CCCCc1nc(Cl)c(C=O)n1Cc1ccc(C(=O)O)cc1. The Hall–Kier alpha value is -2.14. The van der Waals surface area contributed by atoms with E-state index in [9.17, 15) is 9.59 Å². The van der Waals surface area contributed by atoms with Crippen LogP contribution in [0.15, 0.2) is 24.3 Å². The Bertz CT molecular complexity index is 677. The normalized spacial score (nSPS) is 10.6. The van der Waals surface area contributed by atoms with Gasteiger partial charge in [0.25, 0.3) is 0 Å². The first-order valence-corrected chi connectivity index (χ1v) is 7.47. The summed E-state index contributed by atoms with van der Waals surface area (Å²) < 4.78 is 1.79. The van der Waals surface area contributed by atoms with E-state index in [0.717, 1.165) is 30.7 Å². The van der Waals surface area contributed by atoms with Gasteiger partial charge in [0.2, 0.25) is 0 Å². The fourth-order valence-electron chi connectivity index (χ4n) is 2.23. The number of benzene rings is 1. The van der Waals surface area contributed by atoms with Crippen LogP contribution in [0, 0.1) is 0 Å². The molecule has 0 saturated heterocycles. The molecule has 0 bridgehead atoms. The molecule has 1 heterocycles. The minimum Gasteiger partial charge on any atom is -0.478 e. The highest BCUT2D eigenvalue weighted by atomic mass is 35.5. The Labute approximate surface area is 133 Å². The Morgan fingerprint density at radius 1 is 1.36 bits per heavy atom. The fraction of sp³-hybridized carbons (Fsp3) is 0.312. The van der Waals surface area contributed by atoms with E-state index in [2.05, 4.69) is 11.9 Å². The Morgan fingerprint density at radius 2 is 2.05 bits per heavy atom. The predicted molar refractivity (Wildman–Crippen MR) is 83.7 cm³/mol. The highest BCUT2D eigenvalue weighted by Gasteiger charge is 2.15. The van der Waals surface area contributed by atoms with E-state index in [1.54, 1.807) is 28.8 Å². The molecular formula is C16H17ClN2O3. The van der Waals surface area contributed by atoms with Crippen molar-refractivity contribution < 1.29 is 14.7 Å². The topological polar surface area (TPSA) is 72.2 Å². The smallest absolute Gasteiger partial charge is 0.335 e. The Kier molecular flexibility index (Phi) is 5.33. The van der Waals surface area contributed by atoms with Crippen molar-refractivity contribution in [1.82, 2.24) is 9.55 Å². The molecule has 0 fully saturated rings. The van der Waals surface area contributed by atoms with E-state index in [1.165, 1.54) is 0 Å². The van der Waals surface area contributed by atoms with Crippen molar-refractivity contribution >= 4 is 23.9 Å². The molecule has 2 aromatic rings. The summed E-state index contributed by atoms with van der Waals surface area (Å²) >= 11 is 6.02. The molecule has 1 aromatic heterocycles. The number of aryl methyl sites for hydroxylation is 1. The number of imidazole rings is 1. The first-order valence-electron chi connectivity index (χ1n) is 7.09. The fourth-order valence-corrected chi connectivity index (χ4v) is 2.48. The zero-order valence-electron chi connectivity index (χ0n) is 12.3. The van der Waals surface area contributed by atoms with Gasteiger partial charge in [0, 0.05) is 13.0 Å². The molecule has 116 valence electrons. The third-order valence-corrected chi connectivity index (χ3v) is 3.73. The quantitative estimate of drug-likeness (QED) is 0.793. The predicted octanol–water partition coefficient (Wildman–Crippen LogP) is 3.44. The maximum absolute atomic E-state index is 11.2. The van der Waals surface area contributed by atoms with Crippen molar-refractivity contribution in [3.8, 4) is 0 Å². The third-order valence-electron chi connectivity index (χ3n) is 3.45. The van der Waals surface area contributed by atoms with Gasteiger partial charge in [0.05, 0.1) is 5.56 Å². The molecule has 1 aromatic carbocycles. The van der Waals surface area contributed by atoms with Crippen LogP contribution in [0.1, 0.15) is 52.0 Å². The lowest BCUT2D eigenvalue weighted by atomic mass is 10.1. The van der Waals surface area contributed by atoms with E-state index in [-0.39, 0.29) is 10.7 Å². The summed E-state index contributed by atoms with van der Waals surface area (Å²) in [5.41, 5.74) is 1.48. The summed E-state index contributed by atoms with van der Waals surface area (Å²) in [5.74, 6) is -0.189. The van der Waals surface area contributed by atoms with Crippen LogP contribution in [-0.2, 0) is 13.0 Å². The molecular weight excluding hydrogens is 304 g/mol. The lowest BCUT2D eigenvalue weighted by Gasteiger charge is -2.10. The van der Waals surface area contributed by atoms with Crippen molar-refractivity contribution in [3.05, 3.63) is 52.1 Å². The lowest BCUT2D eigenvalue weighted by molar-refractivity contribution is 0.0696. The van der Waals surface area contributed by atoms with Crippen LogP contribution in [-0.4, -0.2) is 26.9 Å². The van der Waals surface area contributed by atoms with Crippen molar-refractivity contribution in [3.63, 3.8) is 0 Å². The van der Waals surface area contributed by atoms with E-state index in [4.69, 9.17) is 16.7 Å². The molecule has 0 atom stereocenters. The molecule has 0 saturated carbocycles. The summed E-state index contributed by atoms with van der Waals surface area (Å²) in [6.45, 7) is 2.52. The van der Waals surface area contributed by atoms with Gasteiger partial charge in [-0.3, -0.25) is 4.79 Å². The van der Waals surface area contributed by atoms with Gasteiger partial charge in [-0.15, -0.1) is 0 Å². The number of nitrogens with zero attached hydrogens (tertiary/aromatic N) is 2. The average Bonchev–Trinajstić information content (AvgIpc) is 2.80. The van der Waals surface area contributed by atoms with Gasteiger partial charge >= 0.3 is 5.97 Å². The van der Waals surface area contributed by atoms with Crippen LogP contribution in [0.3, 0.4) is 0 Å². The molecule has 0 aliphatic rings. The van der Waals surface area contributed by atoms with Gasteiger partial charge in [0.1, 0.15) is 11.5 Å². The van der Waals surface area contributed by atoms with E-state index < -0.39 is 5.97 Å². The zero-order valence-corrected chi connectivity index (χ0v) is 13.0. The third kappa shape index (κ3) is 3.54. The number of rotatable bonds is 7. The van der Waals surface area contributed by atoms with Crippen molar-refractivity contribution in [2.24, 2.45) is 0 Å². The molecule has 0 radical (unpaired) electrons. The molecule has 0 spiro atoms.